The number of nitrogens with zero attached hydrogens (tertiary/aromatic N) is 3. The Bertz CT molecular complexity index is 917. The van der Waals surface area contributed by atoms with E-state index in [1.54, 1.807) is 16.6 Å². The second kappa shape index (κ2) is 7.83. The van der Waals surface area contributed by atoms with Crippen molar-refractivity contribution >= 4 is 11.6 Å². The highest BCUT2D eigenvalue weighted by atomic mass is 19.4. The van der Waals surface area contributed by atoms with E-state index in [-0.39, 0.29) is 30.8 Å². The molecule has 0 aromatic carbocycles. The number of nitrogens with two attached hydrogens (primary N) is 1. The van der Waals surface area contributed by atoms with Crippen molar-refractivity contribution in [2.75, 3.05) is 6.54 Å². The molecule has 1 aliphatic heterocycles. The summed E-state index contributed by atoms with van der Waals surface area (Å²) < 4.78 is 40.8. The minimum Gasteiger partial charge on any atom is -0.355 e. The number of imidazole rings is 1. The van der Waals surface area contributed by atoms with Crippen molar-refractivity contribution in [1.82, 2.24) is 19.9 Å². The van der Waals surface area contributed by atoms with Crippen LogP contribution in [-0.2, 0) is 17.6 Å². The summed E-state index contributed by atoms with van der Waals surface area (Å²) >= 11 is 0. The van der Waals surface area contributed by atoms with Gasteiger partial charge in [0.05, 0.1) is 23.5 Å². The lowest BCUT2D eigenvalue weighted by Crippen LogP contribution is -2.47. The van der Waals surface area contributed by atoms with E-state index in [1.807, 2.05) is 6.20 Å². The van der Waals surface area contributed by atoms with E-state index in [4.69, 9.17) is 5.73 Å². The number of rotatable bonds is 4. The Balaban J connectivity index is 1.46. The number of hydrogen-bond donors (Lipinski definition) is 2. The molecule has 0 radical (unpaired) electrons. The van der Waals surface area contributed by atoms with E-state index in [1.165, 1.54) is 0 Å². The fourth-order valence-electron chi connectivity index (χ4n) is 4.62. The Hall–Kier alpha value is -2.16. The lowest BCUT2D eigenvalue weighted by atomic mass is 9.75. The van der Waals surface area contributed by atoms with Crippen molar-refractivity contribution < 1.29 is 18.0 Å². The lowest BCUT2D eigenvalue weighted by molar-refractivity contribution is -0.183. The standard InChI is InChI=1S/C21H28F3N5O/c1-13-4-6-20(25,7-5-13)10-17-12-29-18(27-17)3-2-16(28-29)9-14-8-15(21(22,23)24)11-26-19(14)30/h2-3,12-15H,4-11,25H2,1H3,(H,26,30)/t13?,14-,15-,20?/m0/s1. The quantitative estimate of drug-likeness (QED) is 0.792. The summed E-state index contributed by atoms with van der Waals surface area (Å²) in [6.45, 7) is 1.90. The predicted octanol–water partition coefficient (Wildman–Crippen LogP) is 3.04. The zero-order valence-electron chi connectivity index (χ0n) is 17.1. The van der Waals surface area contributed by atoms with Crippen LogP contribution in [0, 0.1) is 17.8 Å². The fourth-order valence-corrected chi connectivity index (χ4v) is 4.62. The van der Waals surface area contributed by atoms with Crippen LogP contribution in [0.5, 0.6) is 0 Å². The van der Waals surface area contributed by atoms with Gasteiger partial charge in [0.2, 0.25) is 5.91 Å². The highest BCUT2D eigenvalue weighted by molar-refractivity contribution is 5.79. The number of nitrogens with one attached hydrogen (secondary N) is 1. The minimum atomic E-state index is -4.31. The molecule has 2 atom stereocenters. The SMILES string of the molecule is CC1CCC(N)(Cc2cn3nc(C[C@@H]4C[C@H](C(F)(F)F)CNC4=O)ccc3n2)CC1. The zero-order valence-corrected chi connectivity index (χ0v) is 17.1. The van der Waals surface area contributed by atoms with Crippen LogP contribution in [0.3, 0.4) is 0 Å². The van der Waals surface area contributed by atoms with E-state index in [0.29, 0.717) is 23.7 Å². The van der Waals surface area contributed by atoms with Crippen LogP contribution in [0.15, 0.2) is 18.3 Å². The van der Waals surface area contributed by atoms with Crippen molar-refractivity contribution in [2.24, 2.45) is 23.5 Å². The maximum atomic E-state index is 13.0. The molecule has 4 rings (SSSR count). The second-order valence-electron chi connectivity index (χ2n) is 9.20. The summed E-state index contributed by atoms with van der Waals surface area (Å²) in [6.07, 6.45) is 2.34. The molecule has 9 heteroatoms. The Morgan fingerprint density at radius 3 is 2.70 bits per heavy atom. The topological polar surface area (TPSA) is 85.3 Å². The number of fused-ring (bicyclic) bond motifs is 1. The van der Waals surface area contributed by atoms with Gasteiger partial charge in [-0.25, -0.2) is 9.50 Å². The molecule has 30 heavy (non-hydrogen) atoms. The first-order valence-corrected chi connectivity index (χ1v) is 10.6. The summed E-state index contributed by atoms with van der Waals surface area (Å²) in [4.78, 5) is 16.7. The molecule has 2 aromatic heterocycles. The van der Waals surface area contributed by atoms with Crippen molar-refractivity contribution in [3.8, 4) is 0 Å². The van der Waals surface area contributed by atoms with Crippen molar-refractivity contribution in [1.29, 1.82) is 0 Å². The Kier molecular flexibility index (Phi) is 5.50. The normalized spacial score (nSPS) is 30.4. The Morgan fingerprint density at radius 2 is 2.00 bits per heavy atom. The second-order valence-corrected chi connectivity index (χ2v) is 9.20. The number of carbonyl (C=O) groups excluding carboxylic acids is 1. The summed E-state index contributed by atoms with van der Waals surface area (Å²) in [7, 11) is 0. The molecule has 2 aromatic rings. The van der Waals surface area contributed by atoms with Gasteiger partial charge in [0.1, 0.15) is 0 Å². The molecule has 6 nitrogen and oxygen atoms in total. The first-order valence-electron chi connectivity index (χ1n) is 10.6. The van der Waals surface area contributed by atoms with Gasteiger partial charge < -0.3 is 11.1 Å². The number of hydrogen-bond acceptors (Lipinski definition) is 4. The zero-order chi connectivity index (χ0) is 21.5. The molecule has 0 unspecified atom stereocenters. The summed E-state index contributed by atoms with van der Waals surface area (Å²) in [6, 6.07) is 3.52. The summed E-state index contributed by atoms with van der Waals surface area (Å²) in [5.41, 5.74) is 8.44. The van der Waals surface area contributed by atoms with Crippen LogP contribution in [0.25, 0.3) is 5.65 Å². The third kappa shape index (κ3) is 4.61. The maximum absolute atomic E-state index is 13.0. The average molecular weight is 423 g/mol. The molecular weight excluding hydrogens is 395 g/mol. The number of aromatic nitrogens is 3. The molecule has 3 heterocycles. The van der Waals surface area contributed by atoms with Gasteiger partial charge in [0.15, 0.2) is 5.65 Å². The largest absolute Gasteiger partial charge is 0.393 e. The van der Waals surface area contributed by atoms with Gasteiger partial charge in [-0.15, -0.1) is 0 Å². The third-order valence-electron chi connectivity index (χ3n) is 6.61. The lowest BCUT2D eigenvalue weighted by Gasteiger charge is -2.35. The molecule has 1 saturated carbocycles. The Labute approximate surface area is 173 Å². The number of halogens is 3. The monoisotopic (exact) mass is 423 g/mol. The summed E-state index contributed by atoms with van der Waals surface area (Å²) in [5.74, 6) is -1.89. The molecule has 164 valence electrons. The maximum Gasteiger partial charge on any atom is 0.393 e. The van der Waals surface area contributed by atoms with Gasteiger partial charge in [-0.2, -0.15) is 18.3 Å². The van der Waals surface area contributed by atoms with Gasteiger partial charge in [0.25, 0.3) is 0 Å². The molecular formula is C21H28F3N5O. The average Bonchev–Trinajstić information content (AvgIpc) is 3.06. The van der Waals surface area contributed by atoms with Gasteiger partial charge in [-0.3, -0.25) is 4.79 Å². The van der Waals surface area contributed by atoms with Crippen molar-refractivity contribution in [3.05, 3.63) is 29.7 Å². The molecule has 2 aliphatic rings. The van der Waals surface area contributed by atoms with E-state index in [9.17, 15) is 18.0 Å². The highest BCUT2D eigenvalue weighted by Crippen LogP contribution is 2.34. The number of carbonyl (C=O) groups is 1. The van der Waals surface area contributed by atoms with Gasteiger partial charge in [-0.1, -0.05) is 6.92 Å². The fraction of sp³-hybridized carbons (Fsp3) is 0.667. The smallest absolute Gasteiger partial charge is 0.355 e. The minimum absolute atomic E-state index is 0.167. The van der Waals surface area contributed by atoms with Gasteiger partial charge >= 0.3 is 6.18 Å². The van der Waals surface area contributed by atoms with Gasteiger partial charge in [-0.05, 0) is 50.2 Å². The third-order valence-corrected chi connectivity index (χ3v) is 6.61. The molecule has 2 fully saturated rings. The molecule has 0 spiro atoms. The Morgan fingerprint density at radius 1 is 1.27 bits per heavy atom. The van der Waals surface area contributed by atoms with E-state index in [0.717, 1.165) is 31.4 Å². The molecule has 1 aliphatic carbocycles. The van der Waals surface area contributed by atoms with E-state index >= 15 is 0 Å². The number of amides is 1. The van der Waals surface area contributed by atoms with E-state index < -0.39 is 18.0 Å². The van der Waals surface area contributed by atoms with Crippen LogP contribution >= 0.6 is 0 Å². The van der Waals surface area contributed by atoms with Crippen LogP contribution in [0.2, 0.25) is 0 Å². The number of alkyl halides is 3. The molecule has 1 saturated heterocycles. The van der Waals surface area contributed by atoms with E-state index in [2.05, 4.69) is 22.3 Å². The summed E-state index contributed by atoms with van der Waals surface area (Å²) in [5, 5.41) is 6.87. The predicted molar refractivity (Wildman–Crippen MR) is 106 cm³/mol. The molecule has 3 N–H and O–H groups in total. The molecule has 0 bridgehead atoms. The van der Waals surface area contributed by atoms with Gasteiger partial charge in [0, 0.05) is 30.8 Å². The first-order chi connectivity index (χ1) is 14.1. The molecule has 1 amide bonds. The van der Waals surface area contributed by atoms with Crippen LogP contribution in [0.1, 0.15) is 50.4 Å². The van der Waals surface area contributed by atoms with Crippen LogP contribution < -0.4 is 11.1 Å². The highest BCUT2D eigenvalue weighted by Gasteiger charge is 2.44. The first kappa shape index (κ1) is 21.1. The number of piperidine rings is 1. The van der Waals surface area contributed by atoms with Crippen molar-refractivity contribution in [2.45, 2.75) is 63.6 Å². The van der Waals surface area contributed by atoms with Crippen LogP contribution in [-0.4, -0.2) is 38.8 Å². The van der Waals surface area contributed by atoms with Crippen molar-refractivity contribution in [3.63, 3.8) is 0 Å². The van der Waals surface area contributed by atoms with Crippen LogP contribution in [0.4, 0.5) is 13.2 Å².